The van der Waals surface area contributed by atoms with E-state index in [-0.39, 0.29) is 18.1 Å². The lowest BCUT2D eigenvalue weighted by atomic mass is 10.0. The van der Waals surface area contributed by atoms with Crippen molar-refractivity contribution in [2.75, 3.05) is 25.0 Å². The lowest BCUT2D eigenvalue weighted by Crippen LogP contribution is -2.59. The zero-order chi connectivity index (χ0) is 12.3. The van der Waals surface area contributed by atoms with Crippen LogP contribution in [0.1, 0.15) is 12.5 Å². The summed E-state index contributed by atoms with van der Waals surface area (Å²) in [4.78, 5) is 11.7. The summed E-state index contributed by atoms with van der Waals surface area (Å²) in [6.45, 7) is 5.72. The third-order valence-electron chi connectivity index (χ3n) is 2.85. The smallest absolute Gasteiger partial charge is 0.250 e. The van der Waals surface area contributed by atoms with E-state index < -0.39 is 0 Å². The minimum Gasteiger partial charge on any atom is -0.363 e. The average molecular weight is 234 g/mol. The number of anilines is 1. The van der Waals surface area contributed by atoms with E-state index in [2.05, 4.69) is 10.6 Å². The molecule has 0 aliphatic carbocycles. The molecule has 92 valence electrons. The molecule has 2 N–H and O–H groups in total. The highest BCUT2D eigenvalue weighted by molar-refractivity contribution is 5.91. The molecule has 0 saturated carbocycles. The normalized spacial score (nSPS) is 17.3. The van der Waals surface area contributed by atoms with Crippen molar-refractivity contribution in [3.63, 3.8) is 0 Å². The number of nitrogens with one attached hydrogen (secondary N) is 2. The predicted molar refractivity (Wildman–Crippen MR) is 67.0 cm³/mol. The third kappa shape index (κ3) is 3.28. The molecule has 4 nitrogen and oxygen atoms in total. The standard InChI is InChI=1S/C13H18N2O2/c1-10-4-3-5-11(6-10)15-12(16)7-17-13(2)8-14-9-13/h3-6,14H,7-9H2,1-2H3,(H,15,16). The molecule has 1 aliphatic rings. The van der Waals surface area contributed by atoms with E-state index in [1.54, 1.807) is 0 Å². The lowest BCUT2D eigenvalue weighted by Gasteiger charge is -2.38. The van der Waals surface area contributed by atoms with Crippen molar-refractivity contribution < 1.29 is 9.53 Å². The Labute approximate surface area is 101 Å². The van der Waals surface area contributed by atoms with Crippen molar-refractivity contribution in [1.82, 2.24) is 5.32 Å². The van der Waals surface area contributed by atoms with Gasteiger partial charge >= 0.3 is 0 Å². The lowest BCUT2D eigenvalue weighted by molar-refractivity contribution is -0.130. The molecular formula is C13H18N2O2. The number of carbonyl (C=O) groups excluding carboxylic acids is 1. The van der Waals surface area contributed by atoms with Gasteiger partial charge in [-0.3, -0.25) is 4.79 Å². The number of aryl methyl sites for hydroxylation is 1. The maximum atomic E-state index is 11.7. The molecular weight excluding hydrogens is 216 g/mol. The highest BCUT2D eigenvalue weighted by atomic mass is 16.5. The van der Waals surface area contributed by atoms with Crippen molar-refractivity contribution in [3.8, 4) is 0 Å². The Hall–Kier alpha value is -1.39. The van der Waals surface area contributed by atoms with Crippen molar-refractivity contribution >= 4 is 11.6 Å². The van der Waals surface area contributed by atoms with Gasteiger partial charge in [-0.25, -0.2) is 0 Å². The van der Waals surface area contributed by atoms with Gasteiger partial charge in [0.05, 0.1) is 5.60 Å². The first-order valence-electron chi connectivity index (χ1n) is 5.79. The van der Waals surface area contributed by atoms with Crippen LogP contribution in [-0.2, 0) is 9.53 Å². The molecule has 17 heavy (non-hydrogen) atoms. The van der Waals surface area contributed by atoms with Crippen molar-refractivity contribution in [2.24, 2.45) is 0 Å². The van der Waals surface area contributed by atoms with Crippen LogP contribution in [0.15, 0.2) is 24.3 Å². The van der Waals surface area contributed by atoms with Gasteiger partial charge in [-0.1, -0.05) is 12.1 Å². The van der Waals surface area contributed by atoms with Crippen molar-refractivity contribution in [3.05, 3.63) is 29.8 Å². The molecule has 0 unspecified atom stereocenters. The zero-order valence-corrected chi connectivity index (χ0v) is 10.2. The Morgan fingerprint density at radius 1 is 1.53 bits per heavy atom. The van der Waals surface area contributed by atoms with Crippen molar-refractivity contribution in [1.29, 1.82) is 0 Å². The second-order valence-electron chi connectivity index (χ2n) is 4.76. The minimum atomic E-state index is -0.177. The van der Waals surface area contributed by atoms with E-state index in [1.165, 1.54) is 0 Å². The topological polar surface area (TPSA) is 50.4 Å². The van der Waals surface area contributed by atoms with Crippen LogP contribution in [0.2, 0.25) is 0 Å². The number of ether oxygens (including phenoxy) is 1. The first-order valence-corrected chi connectivity index (χ1v) is 5.79. The Morgan fingerprint density at radius 2 is 2.29 bits per heavy atom. The molecule has 1 aliphatic heterocycles. The number of carbonyl (C=O) groups is 1. The second kappa shape index (κ2) is 4.85. The Morgan fingerprint density at radius 3 is 2.88 bits per heavy atom. The fourth-order valence-corrected chi connectivity index (χ4v) is 1.74. The predicted octanol–water partition coefficient (Wildman–Crippen LogP) is 1.31. The molecule has 0 aromatic heterocycles. The van der Waals surface area contributed by atoms with Gasteiger partial charge in [0.25, 0.3) is 0 Å². The molecule has 2 rings (SSSR count). The molecule has 0 radical (unpaired) electrons. The van der Waals surface area contributed by atoms with Crippen LogP contribution < -0.4 is 10.6 Å². The number of amides is 1. The number of hydrogen-bond acceptors (Lipinski definition) is 3. The van der Waals surface area contributed by atoms with Gasteiger partial charge in [0.15, 0.2) is 0 Å². The van der Waals surface area contributed by atoms with Crippen LogP contribution >= 0.6 is 0 Å². The molecule has 0 atom stereocenters. The van der Waals surface area contributed by atoms with E-state index in [9.17, 15) is 4.79 Å². The molecule has 1 heterocycles. The molecule has 1 aromatic carbocycles. The van der Waals surface area contributed by atoms with E-state index in [0.717, 1.165) is 24.3 Å². The molecule has 0 bridgehead atoms. The molecule has 1 aromatic rings. The monoisotopic (exact) mass is 234 g/mol. The Balaban J connectivity index is 1.81. The summed E-state index contributed by atoms with van der Waals surface area (Å²) in [6.07, 6.45) is 0. The fourth-order valence-electron chi connectivity index (χ4n) is 1.74. The quantitative estimate of drug-likeness (QED) is 0.826. The van der Waals surface area contributed by atoms with E-state index >= 15 is 0 Å². The molecule has 0 spiro atoms. The van der Waals surface area contributed by atoms with Gasteiger partial charge in [-0.2, -0.15) is 0 Å². The van der Waals surface area contributed by atoms with E-state index in [0.29, 0.717) is 0 Å². The van der Waals surface area contributed by atoms with Gasteiger partial charge in [0.2, 0.25) is 5.91 Å². The van der Waals surface area contributed by atoms with Crippen LogP contribution in [0, 0.1) is 6.92 Å². The van der Waals surface area contributed by atoms with E-state index in [4.69, 9.17) is 4.74 Å². The summed E-state index contributed by atoms with van der Waals surface area (Å²) in [5, 5.41) is 5.95. The van der Waals surface area contributed by atoms with E-state index in [1.807, 2.05) is 38.1 Å². The maximum absolute atomic E-state index is 11.7. The number of benzene rings is 1. The summed E-state index contributed by atoms with van der Waals surface area (Å²) < 4.78 is 5.56. The van der Waals surface area contributed by atoms with Gasteiger partial charge in [-0.05, 0) is 31.5 Å². The highest BCUT2D eigenvalue weighted by Gasteiger charge is 2.32. The fraction of sp³-hybridized carbons (Fsp3) is 0.462. The number of hydrogen-bond donors (Lipinski definition) is 2. The molecule has 1 amide bonds. The summed E-state index contributed by atoms with van der Waals surface area (Å²) >= 11 is 0. The Bertz CT molecular complexity index is 414. The minimum absolute atomic E-state index is 0.103. The number of rotatable bonds is 4. The summed E-state index contributed by atoms with van der Waals surface area (Å²) in [6, 6.07) is 7.72. The molecule has 1 saturated heterocycles. The third-order valence-corrected chi connectivity index (χ3v) is 2.85. The maximum Gasteiger partial charge on any atom is 0.250 e. The highest BCUT2D eigenvalue weighted by Crippen LogP contribution is 2.15. The SMILES string of the molecule is Cc1cccc(NC(=O)COC2(C)CNC2)c1. The first kappa shape index (κ1) is 12.1. The van der Waals surface area contributed by atoms with Gasteiger partial charge in [0, 0.05) is 18.8 Å². The summed E-state index contributed by atoms with van der Waals surface area (Å²) in [7, 11) is 0. The first-order chi connectivity index (χ1) is 8.07. The van der Waals surface area contributed by atoms with Crippen LogP contribution in [0.25, 0.3) is 0 Å². The van der Waals surface area contributed by atoms with Gasteiger partial charge in [-0.15, -0.1) is 0 Å². The zero-order valence-electron chi connectivity index (χ0n) is 10.2. The second-order valence-corrected chi connectivity index (χ2v) is 4.76. The van der Waals surface area contributed by atoms with Crippen LogP contribution in [0.4, 0.5) is 5.69 Å². The largest absolute Gasteiger partial charge is 0.363 e. The van der Waals surface area contributed by atoms with Crippen molar-refractivity contribution in [2.45, 2.75) is 19.4 Å². The van der Waals surface area contributed by atoms with Gasteiger partial charge in [0.1, 0.15) is 6.61 Å². The summed E-state index contributed by atoms with van der Waals surface area (Å²) in [5.41, 5.74) is 1.76. The molecule has 1 fully saturated rings. The van der Waals surface area contributed by atoms with Gasteiger partial charge < -0.3 is 15.4 Å². The van der Waals surface area contributed by atoms with Crippen LogP contribution in [0.5, 0.6) is 0 Å². The molecule has 4 heteroatoms. The van der Waals surface area contributed by atoms with Crippen LogP contribution in [0.3, 0.4) is 0 Å². The average Bonchev–Trinajstić information content (AvgIpc) is 2.24. The van der Waals surface area contributed by atoms with Crippen LogP contribution in [-0.4, -0.2) is 31.2 Å². The summed E-state index contributed by atoms with van der Waals surface area (Å²) in [5.74, 6) is -0.108. The Kier molecular flexibility index (Phi) is 3.45.